The fourth-order valence-electron chi connectivity index (χ4n) is 2.83. The third-order valence-electron chi connectivity index (χ3n) is 4.02. The van der Waals surface area contributed by atoms with Crippen molar-refractivity contribution < 1.29 is 14.3 Å². The Hall–Kier alpha value is -1.51. The molecule has 1 aliphatic rings. The lowest BCUT2D eigenvalue weighted by Gasteiger charge is -2.19. The maximum Gasteiger partial charge on any atom is 0.317 e. The molecular weight excluding hydrogens is 240 g/mol. The highest BCUT2D eigenvalue weighted by atomic mass is 16.5. The molecule has 3 nitrogen and oxygen atoms in total. The molecule has 1 aromatic rings. The van der Waals surface area contributed by atoms with E-state index < -0.39 is 5.41 Å². The first-order valence-electron chi connectivity index (χ1n) is 6.88. The number of ether oxygens (including phenoxy) is 2. The van der Waals surface area contributed by atoms with Gasteiger partial charge >= 0.3 is 5.97 Å². The van der Waals surface area contributed by atoms with Crippen molar-refractivity contribution in [2.45, 2.75) is 39.5 Å². The smallest absolute Gasteiger partial charge is 0.317 e. The Morgan fingerprint density at radius 2 is 1.74 bits per heavy atom. The fraction of sp³-hybridized carbons (Fsp3) is 0.562. The summed E-state index contributed by atoms with van der Waals surface area (Å²) in [5.74, 6) is 0.730. The van der Waals surface area contributed by atoms with Crippen molar-refractivity contribution in [2.24, 2.45) is 5.41 Å². The fourth-order valence-corrected chi connectivity index (χ4v) is 2.83. The molecule has 1 saturated carbocycles. The van der Waals surface area contributed by atoms with Crippen LogP contribution in [-0.4, -0.2) is 19.2 Å². The molecule has 0 spiro atoms. The van der Waals surface area contributed by atoms with Gasteiger partial charge in [-0.2, -0.15) is 0 Å². The SMILES string of the molecule is CCOC(=O)C1(c2ccc(OCC)cc2)CC1(C)C. The Morgan fingerprint density at radius 3 is 2.16 bits per heavy atom. The van der Waals surface area contributed by atoms with Gasteiger partial charge in [-0.15, -0.1) is 0 Å². The van der Waals surface area contributed by atoms with Crippen LogP contribution in [-0.2, 0) is 14.9 Å². The zero-order valence-electron chi connectivity index (χ0n) is 12.2. The standard InChI is InChI=1S/C16H22O3/c1-5-18-13-9-7-12(8-10-13)16(11-15(16,3)4)14(17)19-6-2/h7-10H,5-6,11H2,1-4H3. The van der Waals surface area contributed by atoms with Crippen molar-refractivity contribution in [1.82, 2.24) is 0 Å². The third-order valence-corrected chi connectivity index (χ3v) is 4.02. The van der Waals surface area contributed by atoms with Crippen molar-refractivity contribution in [1.29, 1.82) is 0 Å². The molecule has 1 aromatic carbocycles. The van der Waals surface area contributed by atoms with Crippen LogP contribution in [0.2, 0.25) is 0 Å². The molecule has 1 atom stereocenters. The van der Waals surface area contributed by atoms with E-state index in [1.807, 2.05) is 38.1 Å². The van der Waals surface area contributed by atoms with Crippen molar-refractivity contribution in [3.8, 4) is 5.75 Å². The lowest BCUT2D eigenvalue weighted by atomic mass is 9.88. The van der Waals surface area contributed by atoms with Crippen LogP contribution >= 0.6 is 0 Å². The van der Waals surface area contributed by atoms with E-state index in [-0.39, 0.29) is 11.4 Å². The highest BCUT2D eigenvalue weighted by Gasteiger charge is 2.68. The predicted octanol–water partition coefficient (Wildman–Crippen LogP) is 3.32. The second kappa shape index (κ2) is 4.87. The van der Waals surface area contributed by atoms with Crippen LogP contribution in [0.5, 0.6) is 5.75 Å². The minimum Gasteiger partial charge on any atom is -0.494 e. The van der Waals surface area contributed by atoms with Gasteiger partial charge in [-0.1, -0.05) is 26.0 Å². The number of carbonyl (C=O) groups is 1. The quantitative estimate of drug-likeness (QED) is 0.764. The molecule has 2 rings (SSSR count). The zero-order chi connectivity index (χ0) is 14.1. The third kappa shape index (κ3) is 2.22. The van der Waals surface area contributed by atoms with Crippen molar-refractivity contribution in [3.05, 3.63) is 29.8 Å². The van der Waals surface area contributed by atoms with E-state index in [1.165, 1.54) is 0 Å². The number of carbonyl (C=O) groups excluding carboxylic acids is 1. The molecule has 0 radical (unpaired) electrons. The molecule has 1 unspecified atom stereocenters. The summed E-state index contributed by atoms with van der Waals surface area (Å²) in [6.07, 6.45) is 0.840. The molecule has 3 heteroatoms. The Labute approximate surface area is 114 Å². The van der Waals surface area contributed by atoms with Gasteiger partial charge in [0, 0.05) is 0 Å². The van der Waals surface area contributed by atoms with Crippen LogP contribution < -0.4 is 4.74 Å². The van der Waals surface area contributed by atoms with E-state index in [0.29, 0.717) is 13.2 Å². The molecule has 0 bridgehead atoms. The van der Waals surface area contributed by atoms with Gasteiger partial charge in [-0.25, -0.2) is 0 Å². The molecule has 0 aromatic heterocycles. The molecule has 1 aliphatic carbocycles. The lowest BCUT2D eigenvalue weighted by Crippen LogP contribution is -2.28. The van der Waals surface area contributed by atoms with Crippen molar-refractivity contribution >= 4 is 5.97 Å². The minimum atomic E-state index is -0.478. The van der Waals surface area contributed by atoms with Gasteiger partial charge in [0.1, 0.15) is 5.75 Å². The van der Waals surface area contributed by atoms with Crippen molar-refractivity contribution in [3.63, 3.8) is 0 Å². The first-order valence-corrected chi connectivity index (χ1v) is 6.88. The van der Waals surface area contributed by atoms with Gasteiger partial charge in [0.15, 0.2) is 0 Å². The highest BCUT2D eigenvalue weighted by Crippen LogP contribution is 2.65. The molecule has 0 N–H and O–H groups in total. The Bertz CT molecular complexity index is 461. The molecule has 0 saturated heterocycles. The number of hydrogen-bond acceptors (Lipinski definition) is 3. The molecule has 104 valence electrons. The first kappa shape index (κ1) is 13.9. The Morgan fingerprint density at radius 1 is 1.16 bits per heavy atom. The van der Waals surface area contributed by atoms with Gasteiger partial charge < -0.3 is 9.47 Å². The van der Waals surface area contributed by atoms with E-state index in [0.717, 1.165) is 17.7 Å². The normalized spacial score (nSPS) is 23.8. The largest absolute Gasteiger partial charge is 0.494 e. The van der Waals surface area contributed by atoms with Crippen LogP contribution in [0, 0.1) is 5.41 Å². The minimum absolute atomic E-state index is 0.0353. The average molecular weight is 262 g/mol. The van der Waals surface area contributed by atoms with Gasteiger partial charge in [-0.05, 0) is 43.4 Å². The van der Waals surface area contributed by atoms with E-state index in [2.05, 4.69) is 13.8 Å². The maximum atomic E-state index is 12.3. The topological polar surface area (TPSA) is 35.5 Å². The number of rotatable bonds is 5. The summed E-state index contributed by atoms with van der Waals surface area (Å²) in [6, 6.07) is 7.82. The number of benzene rings is 1. The van der Waals surface area contributed by atoms with E-state index >= 15 is 0 Å². The second-order valence-electron chi connectivity index (χ2n) is 5.64. The second-order valence-corrected chi connectivity index (χ2v) is 5.64. The molecule has 0 amide bonds. The monoisotopic (exact) mass is 262 g/mol. The summed E-state index contributed by atoms with van der Waals surface area (Å²) in [5, 5.41) is 0. The van der Waals surface area contributed by atoms with Crippen LogP contribution in [0.4, 0.5) is 0 Å². The van der Waals surface area contributed by atoms with Gasteiger partial charge in [0.05, 0.1) is 18.6 Å². The first-order chi connectivity index (χ1) is 8.98. The van der Waals surface area contributed by atoms with E-state index in [4.69, 9.17) is 9.47 Å². The van der Waals surface area contributed by atoms with Crippen LogP contribution in [0.3, 0.4) is 0 Å². The van der Waals surface area contributed by atoms with E-state index in [1.54, 1.807) is 0 Å². The van der Waals surface area contributed by atoms with Crippen molar-refractivity contribution in [2.75, 3.05) is 13.2 Å². The molecule has 0 heterocycles. The summed E-state index contributed by atoms with van der Waals surface area (Å²) in [5.41, 5.74) is 0.513. The summed E-state index contributed by atoms with van der Waals surface area (Å²) in [6.45, 7) is 9.10. The zero-order valence-corrected chi connectivity index (χ0v) is 12.2. The maximum absolute atomic E-state index is 12.3. The molecule has 1 fully saturated rings. The number of esters is 1. The highest BCUT2D eigenvalue weighted by molar-refractivity contribution is 5.88. The molecule has 0 aliphatic heterocycles. The summed E-state index contributed by atoms with van der Waals surface area (Å²) in [4.78, 5) is 12.3. The van der Waals surface area contributed by atoms with E-state index in [9.17, 15) is 4.79 Å². The lowest BCUT2D eigenvalue weighted by molar-refractivity contribution is -0.147. The van der Waals surface area contributed by atoms with Crippen LogP contribution in [0.15, 0.2) is 24.3 Å². The molecule has 19 heavy (non-hydrogen) atoms. The summed E-state index contributed by atoms with van der Waals surface area (Å²) >= 11 is 0. The summed E-state index contributed by atoms with van der Waals surface area (Å²) in [7, 11) is 0. The van der Waals surface area contributed by atoms with Gasteiger partial charge in [0.25, 0.3) is 0 Å². The summed E-state index contributed by atoms with van der Waals surface area (Å²) < 4.78 is 10.7. The molecular formula is C16H22O3. The predicted molar refractivity (Wildman–Crippen MR) is 74.3 cm³/mol. The number of hydrogen-bond donors (Lipinski definition) is 0. The average Bonchev–Trinajstić information content (AvgIpc) is 2.96. The van der Waals surface area contributed by atoms with Gasteiger partial charge in [0.2, 0.25) is 0 Å². The van der Waals surface area contributed by atoms with Crippen LogP contribution in [0.1, 0.15) is 39.7 Å². The Balaban J connectivity index is 2.29. The Kier molecular flexibility index (Phi) is 3.57. The van der Waals surface area contributed by atoms with Crippen LogP contribution in [0.25, 0.3) is 0 Å². The van der Waals surface area contributed by atoms with Gasteiger partial charge in [-0.3, -0.25) is 4.79 Å².